The van der Waals surface area contributed by atoms with Gasteiger partial charge in [0.2, 0.25) is 0 Å². The van der Waals surface area contributed by atoms with Crippen LogP contribution in [-0.2, 0) is 14.3 Å². The van der Waals surface area contributed by atoms with Gasteiger partial charge >= 0.3 is 5.97 Å². The summed E-state index contributed by atoms with van der Waals surface area (Å²) in [5.41, 5.74) is 2.05. The molecule has 0 aromatic rings. The smallest absolute Gasteiger partial charge is 0.302 e. The molecule has 0 spiro atoms. The lowest BCUT2D eigenvalue weighted by Gasteiger charge is -2.72. The summed E-state index contributed by atoms with van der Waals surface area (Å²) in [6.07, 6.45) is 13.1. The Morgan fingerprint density at radius 1 is 0.829 bits per heavy atom. The van der Waals surface area contributed by atoms with Gasteiger partial charge in [-0.05, 0) is 117 Å². The van der Waals surface area contributed by atoms with Crippen molar-refractivity contribution in [2.45, 2.75) is 119 Å². The largest absolute Gasteiger partial charge is 0.462 e. The van der Waals surface area contributed by atoms with Gasteiger partial charge in [0.15, 0.2) is 0 Å². The van der Waals surface area contributed by atoms with E-state index in [9.17, 15) is 9.59 Å². The summed E-state index contributed by atoms with van der Waals surface area (Å²) < 4.78 is 5.89. The van der Waals surface area contributed by atoms with Crippen LogP contribution >= 0.6 is 0 Å². The second kappa shape index (κ2) is 7.94. The van der Waals surface area contributed by atoms with E-state index in [0.29, 0.717) is 35.0 Å². The van der Waals surface area contributed by atoms with E-state index in [1.165, 1.54) is 44.0 Å². The molecule has 0 aromatic heterocycles. The fraction of sp³-hybridized carbons (Fsp3) is 0.875. The third-order valence-electron chi connectivity index (χ3n) is 13.6. The van der Waals surface area contributed by atoms with Crippen molar-refractivity contribution in [1.82, 2.24) is 0 Å². The molecular formula is C32H50O3. The minimum absolute atomic E-state index is 0.00743. The van der Waals surface area contributed by atoms with Gasteiger partial charge in [-0.3, -0.25) is 4.79 Å². The fourth-order valence-corrected chi connectivity index (χ4v) is 11.8. The first-order chi connectivity index (χ1) is 16.3. The van der Waals surface area contributed by atoms with E-state index in [4.69, 9.17) is 4.74 Å². The number of hydrogen-bond donors (Lipinski definition) is 0. The lowest BCUT2D eigenvalue weighted by atomic mass is 9.32. The molecule has 5 fully saturated rings. The second-order valence-electron chi connectivity index (χ2n) is 15.0. The maximum atomic E-state index is 12.6. The van der Waals surface area contributed by atoms with Crippen LogP contribution in [0.15, 0.2) is 12.2 Å². The molecule has 5 aliphatic rings. The molecule has 196 valence electrons. The summed E-state index contributed by atoms with van der Waals surface area (Å²) in [6.45, 7) is 20.8. The van der Waals surface area contributed by atoms with Crippen LogP contribution in [0.25, 0.3) is 0 Å². The van der Waals surface area contributed by atoms with Crippen molar-refractivity contribution in [3.63, 3.8) is 0 Å². The van der Waals surface area contributed by atoms with Crippen molar-refractivity contribution in [1.29, 1.82) is 0 Å². The van der Waals surface area contributed by atoms with Crippen LogP contribution in [0.2, 0.25) is 0 Å². The SMILES string of the molecule is C=C(C)[C@@H]1CC[C@]2(C=O)CC[C@]3(C)[C@H](CC[C@@H]4[C@@]5(C)CC[C@H](OC(C)=O)C(C)(C)[C@@H]5CC[C@]43C)[C@@H]12. The molecule has 3 nitrogen and oxygen atoms in total. The molecule has 5 rings (SSSR count). The van der Waals surface area contributed by atoms with E-state index in [2.05, 4.69) is 48.1 Å². The van der Waals surface area contributed by atoms with E-state index >= 15 is 0 Å². The van der Waals surface area contributed by atoms with Crippen molar-refractivity contribution >= 4 is 12.3 Å². The van der Waals surface area contributed by atoms with Crippen LogP contribution in [0.1, 0.15) is 113 Å². The number of carbonyl (C=O) groups excluding carboxylic acids is 2. The van der Waals surface area contributed by atoms with E-state index in [0.717, 1.165) is 32.1 Å². The highest BCUT2D eigenvalue weighted by molar-refractivity contribution is 5.66. The summed E-state index contributed by atoms with van der Waals surface area (Å²) in [6, 6.07) is 0. The molecule has 0 unspecified atom stereocenters. The topological polar surface area (TPSA) is 43.4 Å². The van der Waals surface area contributed by atoms with Gasteiger partial charge in [0.05, 0.1) is 0 Å². The maximum absolute atomic E-state index is 12.6. The van der Waals surface area contributed by atoms with Gasteiger partial charge in [-0.25, -0.2) is 0 Å². The Bertz CT molecular complexity index is 920. The first-order valence-electron chi connectivity index (χ1n) is 14.6. The quantitative estimate of drug-likeness (QED) is 0.234. The summed E-state index contributed by atoms with van der Waals surface area (Å²) >= 11 is 0. The van der Waals surface area contributed by atoms with E-state index in [1.807, 2.05) is 0 Å². The van der Waals surface area contributed by atoms with Gasteiger partial charge in [-0.15, -0.1) is 0 Å². The average Bonchev–Trinajstić information content (AvgIpc) is 3.16. The third kappa shape index (κ3) is 3.21. The Morgan fingerprint density at radius 3 is 2.17 bits per heavy atom. The molecule has 0 bridgehead atoms. The molecule has 0 N–H and O–H groups in total. The van der Waals surface area contributed by atoms with Gasteiger partial charge in [0, 0.05) is 17.8 Å². The number of aldehydes is 1. The zero-order valence-corrected chi connectivity index (χ0v) is 23.5. The van der Waals surface area contributed by atoms with Crippen LogP contribution in [-0.4, -0.2) is 18.4 Å². The molecule has 35 heavy (non-hydrogen) atoms. The second-order valence-corrected chi connectivity index (χ2v) is 15.0. The number of rotatable bonds is 3. The molecule has 5 aliphatic carbocycles. The van der Waals surface area contributed by atoms with Gasteiger partial charge in [0.25, 0.3) is 0 Å². The highest BCUT2D eigenvalue weighted by Gasteiger charge is 2.71. The third-order valence-corrected chi connectivity index (χ3v) is 13.6. The van der Waals surface area contributed by atoms with Crippen LogP contribution in [0.3, 0.4) is 0 Å². The Morgan fingerprint density at radius 2 is 1.54 bits per heavy atom. The van der Waals surface area contributed by atoms with Gasteiger partial charge in [-0.1, -0.05) is 46.8 Å². The van der Waals surface area contributed by atoms with Gasteiger partial charge < -0.3 is 9.53 Å². The predicted octanol–water partition coefficient (Wildman–Crippen LogP) is 7.77. The lowest BCUT2D eigenvalue weighted by molar-refractivity contribution is -0.247. The van der Waals surface area contributed by atoms with Crippen molar-refractivity contribution in [2.75, 3.05) is 0 Å². The van der Waals surface area contributed by atoms with Crippen molar-refractivity contribution in [3.05, 3.63) is 12.2 Å². The maximum Gasteiger partial charge on any atom is 0.302 e. The van der Waals surface area contributed by atoms with Crippen molar-refractivity contribution in [2.24, 2.45) is 56.7 Å². The predicted molar refractivity (Wildman–Crippen MR) is 141 cm³/mol. The first-order valence-corrected chi connectivity index (χ1v) is 14.6. The Labute approximate surface area is 214 Å². The number of carbonyl (C=O) groups is 2. The average molecular weight is 483 g/mol. The lowest BCUT2D eigenvalue weighted by Crippen LogP contribution is -2.66. The van der Waals surface area contributed by atoms with Crippen LogP contribution in [0, 0.1) is 56.7 Å². The Hall–Kier alpha value is -1.12. The van der Waals surface area contributed by atoms with E-state index in [-0.39, 0.29) is 33.7 Å². The summed E-state index contributed by atoms with van der Waals surface area (Å²) in [4.78, 5) is 24.5. The highest BCUT2D eigenvalue weighted by Crippen LogP contribution is 2.77. The number of allylic oxidation sites excluding steroid dienone is 1. The van der Waals surface area contributed by atoms with Crippen LogP contribution < -0.4 is 0 Å². The minimum atomic E-state index is -0.134. The molecule has 0 saturated heterocycles. The molecule has 0 amide bonds. The number of fused-ring (bicyclic) bond motifs is 7. The molecule has 0 aliphatic heterocycles. The van der Waals surface area contributed by atoms with Crippen LogP contribution in [0.5, 0.6) is 0 Å². The van der Waals surface area contributed by atoms with Gasteiger partial charge in [0.1, 0.15) is 12.4 Å². The molecule has 3 heteroatoms. The zero-order chi connectivity index (χ0) is 25.6. The Kier molecular flexibility index (Phi) is 5.79. The normalized spacial score (nSPS) is 52.3. The first kappa shape index (κ1) is 25.5. The van der Waals surface area contributed by atoms with Crippen LogP contribution in [0.4, 0.5) is 0 Å². The Balaban J connectivity index is 1.51. The number of esters is 1. The molecule has 0 heterocycles. The zero-order valence-electron chi connectivity index (χ0n) is 23.5. The van der Waals surface area contributed by atoms with E-state index < -0.39 is 0 Å². The summed E-state index contributed by atoms with van der Waals surface area (Å²) in [5, 5.41) is 0. The molecule has 10 atom stereocenters. The number of hydrogen-bond acceptors (Lipinski definition) is 3. The number of ether oxygens (including phenoxy) is 1. The molecule has 5 saturated carbocycles. The standard InChI is InChI=1S/C32H50O3/c1-20(2)22-11-16-32(19-33)18-17-30(7)23(27(22)32)9-10-25-29(6)14-13-26(35-21(3)34)28(4,5)24(29)12-15-31(25,30)8/h19,22-27H,1,9-18H2,2-8H3/t22-,23+,24-,25+,26-,27+,29-,30+,31+,32+/m0/s1. The fourth-order valence-electron chi connectivity index (χ4n) is 11.8. The van der Waals surface area contributed by atoms with Crippen molar-refractivity contribution in [3.8, 4) is 0 Å². The van der Waals surface area contributed by atoms with E-state index in [1.54, 1.807) is 6.92 Å². The summed E-state index contributed by atoms with van der Waals surface area (Å²) in [5.74, 6) is 2.76. The molecular weight excluding hydrogens is 432 g/mol. The monoisotopic (exact) mass is 482 g/mol. The minimum Gasteiger partial charge on any atom is -0.462 e. The molecule has 0 radical (unpaired) electrons. The highest BCUT2D eigenvalue weighted by atomic mass is 16.5. The van der Waals surface area contributed by atoms with Crippen molar-refractivity contribution < 1.29 is 14.3 Å². The molecule has 0 aromatic carbocycles. The van der Waals surface area contributed by atoms with Gasteiger partial charge in [-0.2, -0.15) is 0 Å². The summed E-state index contributed by atoms with van der Waals surface area (Å²) in [7, 11) is 0.